The summed E-state index contributed by atoms with van der Waals surface area (Å²) >= 11 is 0. The minimum absolute atomic E-state index is 0.184. The Kier molecular flexibility index (Phi) is 3.19. The van der Waals surface area contributed by atoms with Crippen LogP contribution >= 0.6 is 0 Å². The lowest BCUT2D eigenvalue weighted by Crippen LogP contribution is -2.16. The first kappa shape index (κ1) is 11.7. The van der Waals surface area contributed by atoms with Gasteiger partial charge in [0.05, 0.1) is 11.6 Å². The summed E-state index contributed by atoms with van der Waals surface area (Å²) in [7, 11) is 0. The molecular formula is C12H14FN3O. The van der Waals surface area contributed by atoms with E-state index in [1.165, 1.54) is 6.07 Å². The number of nitrogens with zero attached hydrogens (tertiary/aromatic N) is 2. The lowest BCUT2D eigenvalue weighted by molar-refractivity contribution is 0.325. The van der Waals surface area contributed by atoms with Crippen LogP contribution in [0.25, 0.3) is 11.4 Å². The third-order valence-electron chi connectivity index (χ3n) is 2.56. The van der Waals surface area contributed by atoms with E-state index in [4.69, 9.17) is 10.3 Å². The Morgan fingerprint density at radius 3 is 2.65 bits per heavy atom. The number of nitrogens with two attached hydrogens (primary N) is 1. The second-order valence-corrected chi connectivity index (χ2v) is 4.21. The molecule has 90 valence electrons. The van der Waals surface area contributed by atoms with E-state index in [0.717, 1.165) is 0 Å². The molecule has 0 saturated heterocycles. The van der Waals surface area contributed by atoms with Crippen molar-refractivity contribution in [2.24, 2.45) is 11.7 Å². The van der Waals surface area contributed by atoms with Crippen molar-refractivity contribution in [2.45, 2.75) is 19.9 Å². The van der Waals surface area contributed by atoms with Crippen LogP contribution in [0.1, 0.15) is 25.8 Å². The van der Waals surface area contributed by atoms with Crippen molar-refractivity contribution in [1.29, 1.82) is 0 Å². The zero-order valence-corrected chi connectivity index (χ0v) is 9.72. The lowest BCUT2D eigenvalue weighted by Gasteiger charge is -2.09. The molecule has 1 atom stereocenters. The van der Waals surface area contributed by atoms with Crippen molar-refractivity contribution in [3.63, 3.8) is 0 Å². The highest BCUT2D eigenvalue weighted by molar-refractivity contribution is 5.54. The van der Waals surface area contributed by atoms with Crippen LogP contribution in [0.4, 0.5) is 4.39 Å². The molecule has 2 aromatic rings. The van der Waals surface area contributed by atoms with Gasteiger partial charge in [-0.25, -0.2) is 4.39 Å². The Hall–Kier alpha value is -1.75. The first-order valence-corrected chi connectivity index (χ1v) is 5.43. The van der Waals surface area contributed by atoms with E-state index in [1.54, 1.807) is 18.2 Å². The van der Waals surface area contributed by atoms with E-state index in [0.29, 0.717) is 11.5 Å². The molecule has 2 rings (SSSR count). The van der Waals surface area contributed by atoms with Crippen LogP contribution < -0.4 is 5.73 Å². The highest BCUT2D eigenvalue weighted by Gasteiger charge is 2.19. The fraction of sp³-hybridized carbons (Fsp3) is 0.333. The number of aromatic nitrogens is 2. The van der Waals surface area contributed by atoms with Crippen molar-refractivity contribution in [1.82, 2.24) is 10.1 Å². The molecule has 17 heavy (non-hydrogen) atoms. The molecule has 0 radical (unpaired) electrons. The fourth-order valence-electron chi connectivity index (χ4n) is 1.41. The Bertz CT molecular complexity index is 510. The molecule has 1 unspecified atom stereocenters. The summed E-state index contributed by atoms with van der Waals surface area (Å²) in [5.74, 6) is 0.370. The molecule has 0 aliphatic heterocycles. The number of halogens is 1. The standard InChI is InChI=1S/C12H14FN3O/c1-7(2)10(14)12-15-11(16-17-12)8-5-3-4-6-9(8)13/h3-7,10H,14H2,1-2H3. The average Bonchev–Trinajstić information content (AvgIpc) is 2.77. The lowest BCUT2D eigenvalue weighted by atomic mass is 10.1. The van der Waals surface area contributed by atoms with Gasteiger partial charge in [-0.2, -0.15) is 4.98 Å². The molecule has 1 aromatic heterocycles. The first-order chi connectivity index (χ1) is 8.09. The second-order valence-electron chi connectivity index (χ2n) is 4.21. The van der Waals surface area contributed by atoms with Gasteiger partial charge >= 0.3 is 0 Å². The summed E-state index contributed by atoms with van der Waals surface area (Å²) < 4.78 is 18.5. The summed E-state index contributed by atoms with van der Waals surface area (Å²) in [6, 6.07) is 5.96. The summed E-state index contributed by atoms with van der Waals surface area (Å²) in [5, 5.41) is 3.74. The van der Waals surface area contributed by atoms with Gasteiger partial charge in [0, 0.05) is 0 Å². The molecule has 0 fully saturated rings. The highest BCUT2D eigenvalue weighted by atomic mass is 19.1. The molecule has 0 bridgehead atoms. The van der Waals surface area contributed by atoms with E-state index in [-0.39, 0.29) is 23.6 Å². The fourth-order valence-corrected chi connectivity index (χ4v) is 1.41. The molecule has 5 heteroatoms. The summed E-state index contributed by atoms with van der Waals surface area (Å²) in [6.07, 6.45) is 0. The van der Waals surface area contributed by atoms with Crippen molar-refractivity contribution in [3.8, 4) is 11.4 Å². The van der Waals surface area contributed by atoms with Gasteiger partial charge < -0.3 is 10.3 Å². The second kappa shape index (κ2) is 4.63. The van der Waals surface area contributed by atoms with Gasteiger partial charge in [0.1, 0.15) is 5.82 Å². The highest BCUT2D eigenvalue weighted by Crippen LogP contribution is 2.23. The smallest absolute Gasteiger partial charge is 0.244 e. The van der Waals surface area contributed by atoms with Crippen LogP contribution in [0.5, 0.6) is 0 Å². The number of hydrogen-bond donors (Lipinski definition) is 1. The quantitative estimate of drug-likeness (QED) is 0.887. The average molecular weight is 235 g/mol. The maximum Gasteiger partial charge on any atom is 0.244 e. The predicted molar refractivity (Wildman–Crippen MR) is 61.5 cm³/mol. The van der Waals surface area contributed by atoms with Gasteiger partial charge in [-0.3, -0.25) is 0 Å². The number of hydrogen-bond acceptors (Lipinski definition) is 4. The summed E-state index contributed by atoms with van der Waals surface area (Å²) in [6.45, 7) is 3.91. The van der Waals surface area contributed by atoms with Crippen molar-refractivity contribution in [2.75, 3.05) is 0 Å². The molecule has 1 heterocycles. The SMILES string of the molecule is CC(C)C(N)c1nc(-c2ccccc2F)no1. The molecule has 0 spiro atoms. The van der Waals surface area contributed by atoms with E-state index in [9.17, 15) is 4.39 Å². The minimum Gasteiger partial charge on any atom is -0.337 e. The Labute approximate surface area is 98.6 Å². The maximum absolute atomic E-state index is 13.5. The zero-order valence-electron chi connectivity index (χ0n) is 9.72. The Morgan fingerprint density at radius 1 is 1.29 bits per heavy atom. The molecule has 2 N–H and O–H groups in total. The van der Waals surface area contributed by atoms with Gasteiger partial charge in [-0.1, -0.05) is 31.1 Å². The normalized spacial score (nSPS) is 13.0. The zero-order chi connectivity index (χ0) is 12.4. The predicted octanol–water partition coefficient (Wildman–Crippen LogP) is 2.53. The van der Waals surface area contributed by atoms with Crippen molar-refractivity contribution >= 4 is 0 Å². The van der Waals surface area contributed by atoms with Crippen LogP contribution in [0.2, 0.25) is 0 Å². The van der Waals surface area contributed by atoms with E-state index in [2.05, 4.69) is 10.1 Å². The Balaban J connectivity index is 2.34. The minimum atomic E-state index is -0.377. The summed E-state index contributed by atoms with van der Waals surface area (Å²) in [5.41, 5.74) is 6.20. The van der Waals surface area contributed by atoms with Gasteiger partial charge in [0.25, 0.3) is 0 Å². The molecular weight excluding hydrogens is 221 g/mol. The first-order valence-electron chi connectivity index (χ1n) is 5.43. The molecule has 0 amide bonds. The van der Waals surface area contributed by atoms with Crippen LogP contribution in [0, 0.1) is 11.7 Å². The molecule has 0 aliphatic rings. The van der Waals surface area contributed by atoms with E-state index in [1.807, 2.05) is 13.8 Å². The third kappa shape index (κ3) is 2.34. The number of rotatable bonds is 3. The van der Waals surface area contributed by atoms with Gasteiger partial charge in [0.15, 0.2) is 0 Å². The molecule has 0 aliphatic carbocycles. The molecule has 4 nitrogen and oxygen atoms in total. The van der Waals surface area contributed by atoms with Crippen LogP contribution in [-0.4, -0.2) is 10.1 Å². The molecule has 1 aromatic carbocycles. The Morgan fingerprint density at radius 2 is 2.00 bits per heavy atom. The van der Waals surface area contributed by atoms with Crippen molar-refractivity contribution in [3.05, 3.63) is 36.0 Å². The van der Waals surface area contributed by atoms with Crippen molar-refractivity contribution < 1.29 is 8.91 Å². The maximum atomic E-state index is 13.5. The van der Waals surface area contributed by atoms with Crippen LogP contribution in [-0.2, 0) is 0 Å². The molecule has 0 saturated carbocycles. The number of benzene rings is 1. The van der Waals surface area contributed by atoms with Gasteiger partial charge in [0.2, 0.25) is 11.7 Å². The van der Waals surface area contributed by atoms with Crippen LogP contribution in [0.15, 0.2) is 28.8 Å². The van der Waals surface area contributed by atoms with E-state index >= 15 is 0 Å². The topological polar surface area (TPSA) is 64.9 Å². The van der Waals surface area contributed by atoms with Crippen LogP contribution in [0.3, 0.4) is 0 Å². The summed E-state index contributed by atoms with van der Waals surface area (Å²) in [4.78, 5) is 4.12. The largest absolute Gasteiger partial charge is 0.337 e. The van der Waals surface area contributed by atoms with E-state index < -0.39 is 0 Å². The van der Waals surface area contributed by atoms with Gasteiger partial charge in [-0.05, 0) is 18.1 Å². The third-order valence-corrected chi connectivity index (χ3v) is 2.56. The van der Waals surface area contributed by atoms with Gasteiger partial charge in [-0.15, -0.1) is 0 Å². The monoisotopic (exact) mass is 235 g/mol.